The molecule has 1 amide bonds. The van der Waals surface area contributed by atoms with Crippen molar-refractivity contribution >= 4 is 28.9 Å². The fourth-order valence-electron chi connectivity index (χ4n) is 1.51. The molecule has 0 saturated carbocycles. The fourth-order valence-corrected chi connectivity index (χ4v) is 2.28. The summed E-state index contributed by atoms with van der Waals surface area (Å²) in [5.41, 5.74) is 0.436. The van der Waals surface area contributed by atoms with Gasteiger partial charge in [-0.15, -0.1) is 11.3 Å². The van der Waals surface area contributed by atoms with Gasteiger partial charge < -0.3 is 19.5 Å². The number of hydrogen-bond acceptors (Lipinski definition) is 6. The summed E-state index contributed by atoms with van der Waals surface area (Å²) < 4.78 is 15.0. The lowest BCUT2D eigenvalue weighted by atomic mass is 10.3. The molecule has 7 heteroatoms. The van der Waals surface area contributed by atoms with Gasteiger partial charge in [0, 0.05) is 0 Å². The average molecular weight is 271 g/mol. The number of thiophene rings is 1. The molecule has 1 N–H and O–H groups in total. The third-order valence-electron chi connectivity index (χ3n) is 2.40. The summed E-state index contributed by atoms with van der Waals surface area (Å²) in [6, 6.07) is 1.65. The van der Waals surface area contributed by atoms with E-state index in [2.05, 4.69) is 10.1 Å². The van der Waals surface area contributed by atoms with Crippen LogP contribution in [0.5, 0.6) is 0 Å². The van der Waals surface area contributed by atoms with E-state index in [1.54, 1.807) is 11.4 Å². The maximum atomic E-state index is 11.9. The number of esters is 1. The van der Waals surface area contributed by atoms with E-state index in [-0.39, 0.29) is 12.5 Å². The molecular weight excluding hydrogens is 258 g/mol. The number of hydrogen-bond donors (Lipinski definition) is 1. The first-order valence-electron chi connectivity index (χ1n) is 5.38. The second-order valence-electron chi connectivity index (χ2n) is 3.58. The van der Waals surface area contributed by atoms with Crippen LogP contribution in [0.25, 0.3) is 0 Å². The summed E-state index contributed by atoms with van der Waals surface area (Å²) in [4.78, 5) is 23.7. The number of ether oxygens (including phenoxy) is 3. The van der Waals surface area contributed by atoms with E-state index in [0.717, 1.165) is 0 Å². The van der Waals surface area contributed by atoms with Gasteiger partial charge in [-0.05, 0) is 11.4 Å². The highest BCUT2D eigenvalue weighted by atomic mass is 32.1. The van der Waals surface area contributed by atoms with E-state index >= 15 is 0 Å². The number of methoxy groups -OCH3 is 1. The fraction of sp³-hybridized carbons (Fsp3) is 0.455. The van der Waals surface area contributed by atoms with Crippen molar-refractivity contribution in [2.24, 2.45) is 0 Å². The molecule has 0 radical (unpaired) electrons. The minimum atomic E-state index is -0.635. The molecule has 2 rings (SSSR count). The Bertz CT molecular complexity index is 438. The van der Waals surface area contributed by atoms with Gasteiger partial charge >= 0.3 is 5.97 Å². The molecular formula is C11H13NO5S. The minimum Gasteiger partial charge on any atom is -0.465 e. The van der Waals surface area contributed by atoms with Crippen LogP contribution in [-0.2, 0) is 19.0 Å². The van der Waals surface area contributed by atoms with E-state index in [1.165, 1.54) is 18.4 Å². The number of carbonyl (C=O) groups excluding carboxylic acids is 2. The number of carbonyl (C=O) groups is 2. The highest BCUT2D eigenvalue weighted by molar-refractivity contribution is 7.12. The Morgan fingerprint density at radius 2 is 2.33 bits per heavy atom. The molecule has 1 saturated heterocycles. The van der Waals surface area contributed by atoms with Gasteiger partial charge in [-0.2, -0.15) is 0 Å². The van der Waals surface area contributed by atoms with Gasteiger partial charge in [-0.3, -0.25) is 4.79 Å². The predicted octanol–water partition coefficient (Wildman–Crippen LogP) is 0.889. The molecule has 98 valence electrons. The summed E-state index contributed by atoms with van der Waals surface area (Å²) in [6.07, 6.45) is -0.635. The van der Waals surface area contributed by atoms with Gasteiger partial charge in [0.2, 0.25) is 0 Å². The summed E-state index contributed by atoms with van der Waals surface area (Å²) in [6.45, 7) is 1.12. The molecule has 0 bridgehead atoms. The Morgan fingerprint density at radius 1 is 1.50 bits per heavy atom. The minimum absolute atomic E-state index is 0.226. The van der Waals surface area contributed by atoms with Gasteiger partial charge in [0.25, 0.3) is 5.91 Å². The van der Waals surface area contributed by atoms with Crippen molar-refractivity contribution in [2.75, 3.05) is 32.2 Å². The Morgan fingerprint density at radius 3 is 3.00 bits per heavy atom. The predicted molar refractivity (Wildman–Crippen MR) is 64.8 cm³/mol. The van der Waals surface area contributed by atoms with Crippen LogP contribution in [0.2, 0.25) is 0 Å². The Hall–Kier alpha value is -1.44. The Labute approximate surface area is 108 Å². The van der Waals surface area contributed by atoms with Crippen LogP contribution in [0.15, 0.2) is 11.4 Å². The topological polar surface area (TPSA) is 73.9 Å². The maximum absolute atomic E-state index is 11.9. The number of amides is 1. The number of nitrogens with one attached hydrogen (secondary N) is 1. The molecule has 0 aliphatic carbocycles. The number of anilines is 1. The quantitative estimate of drug-likeness (QED) is 0.826. The third-order valence-corrected chi connectivity index (χ3v) is 3.30. The summed E-state index contributed by atoms with van der Waals surface area (Å²) in [7, 11) is 1.30. The van der Waals surface area contributed by atoms with Crippen LogP contribution in [0.4, 0.5) is 5.69 Å². The highest BCUT2D eigenvalue weighted by Crippen LogP contribution is 2.23. The highest BCUT2D eigenvalue weighted by Gasteiger charge is 2.24. The molecule has 0 spiro atoms. The first-order chi connectivity index (χ1) is 8.72. The molecule has 1 unspecified atom stereocenters. The van der Waals surface area contributed by atoms with E-state index in [1.807, 2.05) is 0 Å². The van der Waals surface area contributed by atoms with Crippen molar-refractivity contribution in [2.45, 2.75) is 6.10 Å². The van der Waals surface area contributed by atoms with E-state index < -0.39 is 12.1 Å². The van der Waals surface area contributed by atoms with E-state index in [9.17, 15) is 9.59 Å². The second kappa shape index (κ2) is 5.94. The zero-order valence-electron chi connectivity index (χ0n) is 9.80. The molecule has 2 heterocycles. The molecule has 1 aromatic heterocycles. The van der Waals surface area contributed by atoms with Gasteiger partial charge in [-0.25, -0.2) is 4.79 Å². The average Bonchev–Trinajstić information content (AvgIpc) is 2.87. The van der Waals surface area contributed by atoms with Crippen LogP contribution in [0, 0.1) is 0 Å². The Kier molecular flexibility index (Phi) is 4.29. The first kappa shape index (κ1) is 13.0. The summed E-state index contributed by atoms with van der Waals surface area (Å²) in [5.74, 6) is -0.792. The van der Waals surface area contributed by atoms with Crippen LogP contribution >= 0.6 is 11.3 Å². The van der Waals surface area contributed by atoms with Gasteiger partial charge in [-0.1, -0.05) is 0 Å². The second-order valence-corrected chi connectivity index (χ2v) is 4.49. The smallest absolute Gasteiger partial charge is 0.350 e. The lowest BCUT2D eigenvalue weighted by Gasteiger charge is -2.21. The molecule has 1 atom stereocenters. The van der Waals surface area contributed by atoms with Crippen molar-refractivity contribution in [1.82, 2.24) is 0 Å². The van der Waals surface area contributed by atoms with Gasteiger partial charge in [0.15, 0.2) is 6.10 Å². The molecule has 1 fully saturated rings. The van der Waals surface area contributed by atoms with E-state index in [0.29, 0.717) is 23.8 Å². The summed E-state index contributed by atoms with van der Waals surface area (Å²) >= 11 is 1.21. The lowest BCUT2D eigenvalue weighted by molar-refractivity contribution is -0.142. The maximum Gasteiger partial charge on any atom is 0.350 e. The molecule has 1 aromatic rings. The van der Waals surface area contributed by atoms with Crippen molar-refractivity contribution in [1.29, 1.82) is 0 Å². The van der Waals surface area contributed by atoms with Crippen LogP contribution in [0.1, 0.15) is 9.67 Å². The molecule has 1 aliphatic heterocycles. The Balaban J connectivity index is 2.02. The summed E-state index contributed by atoms with van der Waals surface area (Å²) in [5, 5.41) is 4.35. The lowest BCUT2D eigenvalue weighted by Crippen LogP contribution is -2.39. The number of rotatable bonds is 3. The van der Waals surface area contributed by atoms with Crippen LogP contribution in [-0.4, -0.2) is 44.9 Å². The third kappa shape index (κ3) is 2.87. The zero-order valence-corrected chi connectivity index (χ0v) is 10.6. The van der Waals surface area contributed by atoms with Crippen LogP contribution < -0.4 is 5.32 Å². The zero-order chi connectivity index (χ0) is 13.0. The first-order valence-corrected chi connectivity index (χ1v) is 6.26. The van der Waals surface area contributed by atoms with Gasteiger partial charge in [0.05, 0.1) is 32.6 Å². The van der Waals surface area contributed by atoms with Crippen LogP contribution in [0.3, 0.4) is 0 Å². The largest absolute Gasteiger partial charge is 0.465 e. The van der Waals surface area contributed by atoms with Gasteiger partial charge in [0.1, 0.15) is 4.88 Å². The molecule has 6 nitrogen and oxygen atoms in total. The van der Waals surface area contributed by atoms with Crippen molar-refractivity contribution < 1.29 is 23.8 Å². The molecule has 0 aromatic carbocycles. The van der Waals surface area contributed by atoms with Crippen molar-refractivity contribution in [3.05, 3.63) is 16.3 Å². The van der Waals surface area contributed by atoms with Crippen molar-refractivity contribution in [3.63, 3.8) is 0 Å². The van der Waals surface area contributed by atoms with E-state index in [4.69, 9.17) is 9.47 Å². The molecule has 1 aliphatic rings. The monoisotopic (exact) mass is 271 g/mol. The SMILES string of the molecule is COC(=O)c1sccc1NC(=O)C1COCCO1. The normalized spacial score (nSPS) is 19.3. The standard InChI is InChI=1S/C11H13NO5S/c1-15-11(14)9-7(2-5-18-9)12-10(13)8-6-16-3-4-17-8/h2,5,8H,3-4,6H2,1H3,(H,12,13). The van der Waals surface area contributed by atoms with Crippen molar-refractivity contribution in [3.8, 4) is 0 Å². The molecule has 18 heavy (non-hydrogen) atoms.